The molecule has 0 saturated carbocycles. The maximum absolute atomic E-state index is 12.4. The minimum atomic E-state index is -0.150. The van der Waals surface area contributed by atoms with Crippen molar-refractivity contribution in [3.63, 3.8) is 0 Å². The van der Waals surface area contributed by atoms with E-state index in [1.54, 1.807) is 11.6 Å². The highest BCUT2D eigenvalue weighted by atomic mass is 32.1. The molecule has 0 fully saturated rings. The van der Waals surface area contributed by atoms with Crippen LogP contribution < -0.4 is 11.3 Å². The normalized spacial score (nSPS) is 12.3. The molecule has 0 aliphatic rings. The molecule has 0 bridgehead atoms. The summed E-state index contributed by atoms with van der Waals surface area (Å²) in [5.41, 5.74) is 6.55. The van der Waals surface area contributed by atoms with E-state index in [4.69, 9.17) is 5.73 Å². The summed E-state index contributed by atoms with van der Waals surface area (Å²) in [7, 11) is 1.79. The summed E-state index contributed by atoms with van der Waals surface area (Å²) in [4.78, 5) is 18.9. The van der Waals surface area contributed by atoms with E-state index in [0.29, 0.717) is 6.54 Å². The monoisotopic (exact) mass is 265 g/mol. The lowest BCUT2D eigenvalue weighted by molar-refractivity contribution is 0.510. The lowest BCUT2D eigenvalue weighted by atomic mass is 9.95. The minimum absolute atomic E-state index is 0.0263. The number of aromatic nitrogens is 2. The molecule has 0 atom stereocenters. The van der Waals surface area contributed by atoms with Gasteiger partial charge in [-0.15, -0.1) is 11.3 Å². The molecular weight excluding hydrogens is 246 g/mol. The Balaban J connectivity index is 2.91. The first-order chi connectivity index (χ1) is 8.27. The van der Waals surface area contributed by atoms with Gasteiger partial charge in [-0.1, -0.05) is 20.8 Å². The summed E-state index contributed by atoms with van der Waals surface area (Å²) in [6.45, 7) is 8.59. The maximum atomic E-state index is 12.4. The first-order valence-electron chi connectivity index (χ1n) is 5.97. The number of thiophene rings is 1. The van der Waals surface area contributed by atoms with E-state index in [1.807, 2.05) is 6.92 Å². The van der Waals surface area contributed by atoms with Crippen LogP contribution in [0.1, 0.15) is 37.0 Å². The topological polar surface area (TPSA) is 60.9 Å². The number of hydrogen-bond acceptors (Lipinski definition) is 4. The highest BCUT2D eigenvalue weighted by molar-refractivity contribution is 7.18. The molecule has 0 aromatic carbocycles. The zero-order valence-electron chi connectivity index (χ0n) is 11.5. The molecule has 18 heavy (non-hydrogen) atoms. The van der Waals surface area contributed by atoms with Gasteiger partial charge in [-0.05, 0) is 12.5 Å². The van der Waals surface area contributed by atoms with Gasteiger partial charge >= 0.3 is 0 Å². The standard InChI is InChI=1S/C13H19N3OS/c1-7-8(6-14)18-10-9(7)11(17)16(5)12(15-10)13(2,3)4/h6,14H2,1-5H3. The van der Waals surface area contributed by atoms with Crippen LogP contribution in [-0.4, -0.2) is 9.55 Å². The van der Waals surface area contributed by atoms with Crippen molar-refractivity contribution >= 4 is 21.6 Å². The quantitative estimate of drug-likeness (QED) is 0.858. The van der Waals surface area contributed by atoms with Gasteiger partial charge in [-0.3, -0.25) is 9.36 Å². The third-order valence-electron chi connectivity index (χ3n) is 3.13. The van der Waals surface area contributed by atoms with Crippen molar-refractivity contribution in [2.45, 2.75) is 39.7 Å². The Labute approximate surface area is 110 Å². The molecule has 0 aliphatic heterocycles. The summed E-state index contributed by atoms with van der Waals surface area (Å²) in [5.74, 6) is 0.810. The van der Waals surface area contributed by atoms with Crippen LogP contribution >= 0.6 is 11.3 Å². The second-order valence-corrected chi connectivity index (χ2v) is 6.67. The fourth-order valence-corrected chi connectivity index (χ4v) is 3.22. The summed E-state index contributed by atoms with van der Waals surface area (Å²) >= 11 is 1.53. The van der Waals surface area contributed by atoms with Gasteiger partial charge in [0.25, 0.3) is 5.56 Å². The lowest BCUT2D eigenvalue weighted by Crippen LogP contribution is -2.29. The average molecular weight is 265 g/mol. The van der Waals surface area contributed by atoms with E-state index in [9.17, 15) is 4.79 Å². The Bertz CT molecular complexity index is 661. The van der Waals surface area contributed by atoms with Gasteiger partial charge in [0.15, 0.2) is 0 Å². The molecule has 0 aliphatic carbocycles. The van der Waals surface area contributed by atoms with Crippen molar-refractivity contribution in [1.82, 2.24) is 9.55 Å². The molecule has 0 spiro atoms. The number of nitrogens with zero attached hydrogens (tertiary/aromatic N) is 2. The molecule has 0 saturated heterocycles. The largest absolute Gasteiger partial charge is 0.326 e. The van der Waals surface area contributed by atoms with Crippen molar-refractivity contribution in [2.75, 3.05) is 0 Å². The summed E-state index contributed by atoms with van der Waals surface area (Å²) in [5, 5.41) is 0.718. The van der Waals surface area contributed by atoms with Gasteiger partial charge in [0, 0.05) is 23.9 Å². The van der Waals surface area contributed by atoms with Gasteiger partial charge in [-0.2, -0.15) is 0 Å². The second-order valence-electron chi connectivity index (χ2n) is 5.58. The van der Waals surface area contributed by atoms with Crippen LogP contribution in [0.5, 0.6) is 0 Å². The first-order valence-corrected chi connectivity index (χ1v) is 6.78. The molecule has 0 amide bonds. The van der Waals surface area contributed by atoms with Crippen LogP contribution in [0.15, 0.2) is 4.79 Å². The van der Waals surface area contributed by atoms with E-state index >= 15 is 0 Å². The van der Waals surface area contributed by atoms with E-state index in [-0.39, 0.29) is 11.0 Å². The fourth-order valence-electron chi connectivity index (χ4n) is 2.18. The number of rotatable bonds is 1. The lowest BCUT2D eigenvalue weighted by Gasteiger charge is -2.20. The van der Waals surface area contributed by atoms with Gasteiger partial charge in [0.05, 0.1) is 5.39 Å². The summed E-state index contributed by atoms with van der Waals surface area (Å²) < 4.78 is 1.66. The van der Waals surface area contributed by atoms with Crippen molar-refractivity contribution in [1.29, 1.82) is 0 Å². The summed E-state index contributed by atoms with van der Waals surface area (Å²) in [6, 6.07) is 0. The third-order valence-corrected chi connectivity index (χ3v) is 4.33. The zero-order valence-corrected chi connectivity index (χ0v) is 12.3. The van der Waals surface area contributed by atoms with Crippen molar-refractivity contribution < 1.29 is 0 Å². The van der Waals surface area contributed by atoms with Gasteiger partial charge < -0.3 is 5.73 Å². The number of nitrogens with two attached hydrogens (primary N) is 1. The van der Waals surface area contributed by atoms with Gasteiger partial charge in [-0.25, -0.2) is 4.98 Å². The molecule has 0 radical (unpaired) electrons. The SMILES string of the molecule is Cc1c(CN)sc2nc(C(C)(C)C)n(C)c(=O)c12. The molecule has 0 unspecified atom stereocenters. The van der Waals surface area contributed by atoms with Crippen LogP contribution in [0.4, 0.5) is 0 Å². The molecule has 2 aromatic heterocycles. The zero-order chi connectivity index (χ0) is 13.7. The Kier molecular flexibility index (Phi) is 3.07. The molecule has 98 valence electrons. The Morgan fingerprint density at radius 1 is 1.39 bits per heavy atom. The van der Waals surface area contributed by atoms with Crippen LogP contribution in [0, 0.1) is 6.92 Å². The van der Waals surface area contributed by atoms with Crippen LogP contribution in [0.25, 0.3) is 10.2 Å². The molecule has 2 aromatic rings. The maximum Gasteiger partial charge on any atom is 0.262 e. The van der Waals surface area contributed by atoms with Crippen molar-refractivity contribution in [3.8, 4) is 0 Å². The second kappa shape index (κ2) is 4.17. The van der Waals surface area contributed by atoms with Crippen LogP contribution in [0.2, 0.25) is 0 Å². The predicted octanol–water partition coefficient (Wildman–Crippen LogP) is 2.06. The first kappa shape index (κ1) is 13.2. The van der Waals surface area contributed by atoms with Gasteiger partial charge in [0.1, 0.15) is 10.7 Å². The average Bonchev–Trinajstić information content (AvgIpc) is 2.59. The Morgan fingerprint density at radius 2 is 2.00 bits per heavy atom. The van der Waals surface area contributed by atoms with Crippen molar-refractivity contribution in [3.05, 3.63) is 26.6 Å². The highest BCUT2D eigenvalue weighted by Gasteiger charge is 2.23. The van der Waals surface area contributed by atoms with E-state index < -0.39 is 0 Å². The molecule has 2 heterocycles. The predicted molar refractivity (Wildman–Crippen MR) is 76.2 cm³/mol. The van der Waals surface area contributed by atoms with Crippen LogP contribution in [0.3, 0.4) is 0 Å². The fraction of sp³-hybridized carbons (Fsp3) is 0.538. The number of hydrogen-bond donors (Lipinski definition) is 1. The molecule has 2 N–H and O–H groups in total. The van der Waals surface area contributed by atoms with Crippen LogP contribution in [-0.2, 0) is 19.0 Å². The van der Waals surface area contributed by atoms with E-state index in [1.165, 1.54) is 11.3 Å². The van der Waals surface area contributed by atoms with Gasteiger partial charge in [0.2, 0.25) is 0 Å². The van der Waals surface area contributed by atoms with E-state index in [0.717, 1.165) is 26.5 Å². The van der Waals surface area contributed by atoms with E-state index in [2.05, 4.69) is 25.8 Å². The molecule has 4 nitrogen and oxygen atoms in total. The number of aryl methyl sites for hydroxylation is 1. The Hall–Kier alpha value is -1.20. The summed E-state index contributed by atoms with van der Waals surface area (Å²) in [6.07, 6.45) is 0. The molecular formula is C13H19N3OS. The third kappa shape index (κ3) is 1.87. The van der Waals surface area contributed by atoms with Crippen molar-refractivity contribution in [2.24, 2.45) is 12.8 Å². The molecule has 2 rings (SSSR count). The Morgan fingerprint density at radius 3 is 2.50 bits per heavy atom. The molecule has 5 heteroatoms. The smallest absolute Gasteiger partial charge is 0.262 e. The highest BCUT2D eigenvalue weighted by Crippen LogP contribution is 2.29. The number of fused-ring (bicyclic) bond motifs is 1. The minimum Gasteiger partial charge on any atom is -0.326 e.